The lowest BCUT2D eigenvalue weighted by Gasteiger charge is -2.24. The van der Waals surface area contributed by atoms with Gasteiger partial charge in [-0.25, -0.2) is 4.39 Å². The number of nitrogens with one attached hydrogen (secondary N) is 1. The fourth-order valence-corrected chi connectivity index (χ4v) is 2.44. The molecule has 0 aliphatic carbocycles. The summed E-state index contributed by atoms with van der Waals surface area (Å²) < 4.78 is 56.6. The Balaban J connectivity index is 1.77. The van der Waals surface area contributed by atoms with Crippen LogP contribution in [0.25, 0.3) is 0 Å². The monoisotopic (exact) mass is 353 g/mol. The zero-order chi connectivity index (χ0) is 18.2. The Labute approximate surface area is 139 Å². The summed E-state index contributed by atoms with van der Waals surface area (Å²) in [5.41, 5.74) is -0.948. The quantitative estimate of drug-likeness (QED) is 0.835. The van der Waals surface area contributed by atoms with Crippen LogP contribution in [-0.4, -0.2) is 17.8 Å². The average molecular weight is 353 g/mol. The number of Topliss-reactive ketones (excluding diaryl/α,β-unsaturated/α-hetero) is 1. The van der Waals surface area contributed by atoms with Crippen molar-refractivity contribution in [1.82, 2.24) is 0 Å². The van der Waals surface area contributed by atoms with Crippen molar-refractivity contribution in [3.05, 3.63) is 59.4 Å². The summed E-state index contributed by atoms with van der Waals surface area (Å²) in [6.45, 7) is 0. The normalized spacial score (nSPS) is 16.8. The summed E-state index contributed by atoms with van der Waals surface area (Å²) in [7, 11) is 0. The number of benzene rings is 2. The van der Waals surface area contributed by atoms with Crippen molar-refractivity contribution in [3.8, 4) is 5.75 Å². The summed E-state index contributed by atoms with van der Waals surface area (Å²) in [5.74, 6) is -1.79. The van der Waals surface area contributed by atoms with E-state index in [1.807, 2.05) is 0 Å². The second-order valence-corrected chi connectivity index (χ2v) is 5.44. The predicted molar refractivity (Wildman–Crippen MR) is 79.8 cm³/mol. The predicted octanol–water partition coefficient (Wildman–Crippen LogP) is 3.82. The van der Waals surface area contributed by atoms with E-state index in [2.05, 4.69) is 5.32 Å². The number of ether oxygens (including phenoxy) is 1. The van der Waals surface area contributed by atoms with Crippen LogP contribution < -0.4 is 10.1 Å². The fraction of sp³-hybridized carbons (Fsp3) is 0.176. The van der Waals surface area contributed by atoms with Gasteiger partial charge in [0.25, 0.3) is 5.91 Å². The highest BCUT2D eigenvalue weighted by Gasteiger charge is 2.33. The van der Waals surface area contributed by atoms with Gasteiger partial charge in [0.15, 0.2) is 11.9 Å². The maximum atomic E-state index is 13.2. The lowest BCUT2D eigenvalue weighted by Crippen LogP contribution is -2.38. The van der Waals surface area contributed by atoms with E-state index in [4.69, 9.17) is 4.74 Å². The number of amides is 1. The lowest BCUT2D eigenvalue weighted by atomic mass is 10.00. The summed E-state index contributed by atoms with van der Waals surface area (Å²) >= 11 is 0. The molecular formula is C17H11F4NO3. The van der Waals surface area contributed by atoms with E-state index in [1.54, 1.807) is 0 Å². The summed E-state index contributed by atoms with van der Waals surface area (Å²) in [6, 6.07) is 7.43. The first-order valence-electron chi connectivity index (χ1n) is 7.21. The minimum Gasteiger partial charge on any atom is -0.479 e. The molecule has 8 heteroatoms. The topological polar surface area (TPSA) is 55.4 Å². The minimum absolute atomic E-state index is 0.0307. The highest BCUT2D eigenvalue weighted by molar-refractivity contribution is 6.05. The molecule has 25 heavy (non-hydrogen) atoms. The zero-order valence-corrected chi connectivity index (χ0v) is 12.6. The van der Waals surface area contributed by atoms with Gasteiger partial charge in [0, 0.05) is 5.69 Å². The third kappa shape index (κ3) is 3.62. The number of hydrogen-bond acceptors (Lipinski definition) is 3. The van der Waals surface area contributed by atoms with Gasteiger partial charge in [-0.3, -0.25) is 9.59 Å². The largest absolute Gasteiger partial charge is 0.479 e. The van der Waals surface area contributed by atoms with Gasteiger partial charge in [-0.2, -0.15) is 13.2 Å². The SMILES string of the molecule is O=C1C[C@H](C(=O)Nc2cccc(C(F)(F)F)c2)Oc2ccc(F)cc21. The molecule has 2 aromatic rings. The van der Waals surface area contributed by atoms with Crippen LogP contribution in [0.2, 0.25) is 0 Å². The second kappa shape index (κ2) is 6.19. The second-order valence-electron chi connectivity index (χ2n) is 5.44. The van der Waals surface area contributed by atoms with Gasteiger partial charge in [-0.1, -0.05) is 6.07 Å². The zero-order valence-electron chi connectivity index (χ0n) is 12.6. The summed E-state index contributed by atoms with van der Waals surface area (Å²) in [4.78, 5) is 24.2. The van der Waals surface area contributed by atoms with Crippen molar-refractivity contribution >= 4 is 17.4 Å². The molecule has 3 rings (SSSR count). The fourth-order valence-electron chi connectivity index (χ4n) is 2.44. The van der Waals surface area contributed by atoms with Crippen LogP contribution in [0.5, 0.6) is 5.75 Å². The molecule has 1 aliphatic heterocycles. The highest BCUT2D eigenvalue weighted by Crippen LogP contribution is 2.31. The van der Waals surface area contributed by atoms with Gasteiger partial charge in [0.1, 0.15) is 11.6 Å². The van der Waals surface area contributed by atoms with Gasteiger partial charge in [-0.05, 0) is 36.4 Å². The molecule has 0 spiro atoms. The summed E-state index contributed by atoms with van der Waals surface area (Å²) in [6.07, 6.45) is -6.08. The Hall–Kier alpha value is -2.90. The molecule has 0 saturated carbocycles. The third-order valence-corrected chi connectivity index (χ3v) is 3.63. The highest BCUT2D eigenvalue weighted by atomic mass is 19.4. The molecule has 1 heterocycles. The Morgan fingerprint density at radius 3 is 2.64 bits per heavy atom. The van der Waals surface area contributed by atoms with Crippen molar-refractivity contribution in [2.24, 2.45) is 0 Å². The number of fused-ring (bicyclic) bond motifs is 1. The Morgan fingerprint density at radius 2 is 1.92 bits per heavy atom. The first-order valence-corrected chi connectivity index (χ1v) is 7.21. The van der Waals surface area contributed by atoms with Gasteiger partial charge in [0.05, 0.1) is 17.5 Å². The smallest absolute Gasteiger partial charge is 0.416 e. The third-order valence-electron chi connectivity index (χ3n) is 3.63. The van der Waals surface area contributed by atoms with Crippen LogP contribution in [0.3, 0.4) is 0 Å². The van der Waals surface area contributed by atoms with E-state index >= 15 is 0 Å². The molecule has 0 bridgehead atoms. The molecule has 0 aromatic heterocycles. The first-order chi connectivity index (χ1) is 11.7. The molecule has 1 amide bonds. The Kier molecular flexibility index (Phi) is 4.20. The number of alkyl halides is 3. The van der Waals surface area contributed by atoms with Crippen molar-refractivity contribution in [2.75, 3.05) is 5.32 Å². The summed E-state index contributed by atoms with van der Waals surface area (Å²) in [5, 5.41) is 2.30. The van der Waals surface area contributed by atoms with E-state index in [-0.39, 0.29) is 23.4 Å². The molecule has 1 atom stereocenters. The van der Waals surface area contributed by atoms with Gasteiger partial charge < -0.3 is 10.1 Å². The maximum absolute atomic E-state index is 13.2. The van der Waals surface area contributed by atoms with E-state index in [0.29, 0.717) is 0 Å². The number of rotatable bonds is 2. The first kappa shape index (κ1) is 16.9. The molecular weight excluding hydrogens is 342 g/mol. The van der Waals surface area contributed by atoms with Crippen molar-refractivity contribution in [2.45, 2.75) is 18.7 Å². The lowest BCUT2D eigenvalue weighted by molar-refractivity contribution is -0.137. The molecule has 0 radical (unpaired) electrons. The number of carbonyl (C=O) groups is 2. The minimum atomic E-state index is -4.54. The van der Waals surface area contributed by atoms with Crippen LogP contribution in [-0.2, 0) is 11.0 Å². The number of ketones is 1. The molecule has 0 saturated heterocycles. The number of hydrogen-bond donors (Lipinski definition) is 1. The van der Waals surface area contributed by atoms with E-state index in [9.17, 15) is 27.2 Å². The van der Waals surface area contributed by atoms with E-state index in [1.165, 1.54) is 12.1 Å². The van der Waals surface area contributed by atoms with E-state index in [0.717, 1.165) is 30.3 Å². The van der Waals surface area contributed by atoms with Gasteiger partial charge in [0.2, 0.25) is 0 Å². The number of anilines is 1. The Bertz CT molecular complexity index is 848. The molecule has 1 aliphatic rings. The van der Waals surface area contributed by atoms with Crippen molar-refractivity contribution in [3.63, 3.8) is 0 Å². The van der Waals surface area contributed by atoms with Crippen LogP contribution in [0.15, 0.2) is 42.5 Å². The standard InChI is InChI=1S/C17H11F4NO3/c18-10-4-5-14-12(7-10)13(23)8-15(25-14)16(24)22-11-3-1-2-9(6-11)17(19,20)21/h1-7,15H,8H2,(H,22,24)/t15-/m1/s1. The molecule has 1 N–H and O–H groups in total. The molecule has 0 fully saturated rings. The van der Waals surface area contributed by atoms with Crippen molar-refractivity contribution < 1.29 is 31.9 Å². The molecule has 130 valence electrons. The van der Waals surface area contributed by atoms with Crippen LogP contribution in [0, 0.1) is 5.82 Å². The molecule has 0 unspecified atom stereocenters. The molecule has 2 aromatic carbocycles. The average Bonchev–Trinajstić information content (AvgIpc) is 2.55. The van der Waals surface area contributed by atoms with E-state index < -0.39 is 35.4 Å². The van der Waals surface area contributed by atoms with Gasteiger partial charge >= 0.3 is 6.18 Å². The molecule has 4 nitrogen and oxygen atoms in total. The number of halogens is 4. The van der Waals surface area contributed by atoms with Crippen LogP contribution in [0.1, 0.15) is 22.3 Å². The van der Waals surface area contributed by atoms with Crippen LogP contribution >= 0.6 is 0 Å². The Morgan fingerprint density at radius 1 is 1.16 bits per heavy atom. The number of carbonyl (C=O) groups excluding carboxylic acids is 2. The maximum Gasteiger partial charge on any atom is 0.416 e. The van der Waals surface area contributed by atoms with Crippen molar-refractivity contribution in [1.29, 1.82) is 0 Å². The van der Waals surface area contributed by atoms with Crippen LogP contribution in [0.4, 0.5) is 23.2 Å². The van der Waals surface area contributed by atoms with Gasteiger partial charge in [-0.15, -0.1) is 0 Å².